The van der Waals surface area contributed by atoms with Crippen molar-refractivity contribution in [2.75, 3.05) is 5.32 Å². The van der Waals surface area contributed by atoms with Gasteiger partial charge in [0.15, 0.2) is 0 Å². The lowest BCUT2D eigenvalue weighted by atomic mass is 9.82. The molecule has 0 radical (unpaired) electrons. The van der Waals surface area contributed by atoms with E-state index in [1.54, 1.807) is 37.3 Å². The van der Waals surface area contributed by atoms with Crippen molar-refractivity contribution in [2.24, 2.45) is 5.73 Å². The van der Waals surface area contributed by atoms with Gasteiger partial charge in [-0.3, -0.25) is 9.59 Å². The molecule has 0 bridgehead atoms. The molecule has 0 saturated heterocycles. The molecule has 0 spiro atoms. The monoisotopic (exact) mass is 460 g/mol. The average Bonchev–Trinajstić information content (AvgIpc) is 2.77. The SMILES string of the molecule is CC1=C(C(=O)Nc2ccc(Cl)cc2)C(c2cc3c(C)ccc(C)c3[nH]c2=O)C(C#N)=C(N)O1. The van der Waals surface area contributed by atoms with E-state index in [4.69, 9.17) is 22.1 Å². The fourth-order valence-corrected chi connectivity index (χ4v) is 4.15. The number of ether oxygens (including phenoxy) is 1. The van der Waals surface area contributed by atoms with Crippen molar-refractivity contribution < 1.29 is 9.53 Å². The first-order valence-electron chi connectivity index (χ1n) is 10.2. The zero-order valence-electron chi connectivity index (χ0n) is 18.2. The van der Waals surface area contributed by atoms with Gasteiger partial charge in [0.2, 0.25) is 5.88 Å². The van der Waals surface area contributed by atoms with E-state index in [1.165, 1.54) is 0 Å². The van der Waals surface area contributed by atoms with Gasteiger partial charge < -0.3 is 20.8 Å². The van der Waals surface area contributed by atoms with Crippen LogP contribution in [0.25, 0.3) is 10.9 Å². The number of nitrogens with zero attached hydrogens (tertiary/aromatic N) is 1. The molecular formula is C25H21ClN4O3. The molecule has 3 aromatic rings. The molecule has 0 fully saturated rings. The van der Waals surface area contributed by atoms with Gasteiger partial charge in [-0.05, 0) is 62.2 Å². The maximum Gasteiger partial charge on any atom is 0.255 e. The summed E-state index contributed by atoms with van der Waals surface area (Å²) in [5, 5.41) is 14.0. The van der Waals surface area contributed by atoms with E-state index in [0.29, 0.717) is 16.2 Å². The third-order valence-electron chi connectivity index (χ3n) is 5.74. The van der Waals surface area contributed by atoms with Crippen LogP contribution in [-0.4, -0.2) is 10.9 Å². The number of benzene rings is 2. The standard InChI is InChI=1S/C25H21ClN4O3/c1-12-4-5-13(2)22-17(12)10-18(24(31)30-22)21-19(11-27)23(28)33-14(3)20(21)25(32)29-16-8-6-15(26)7-9-16/h4-10,21H,28H2,1-3H3,(H,29,32)(H,30,31). The summed E-state index contributed by atoms with van der Waals surface area (Å²) in [4.78, 5) is 29.5. The molecule has 4 rings (SSSR count). The molecule has 0 aliphatic carbocycles. The molecule has 33 heavy (non-hydrogen) atoms. The topological polar surface area (TPSA) is 121 Å². The Labute approximate surface area is 195 Å². The van der Waals surface area contributed by atoms with Gasteiger partial charge in [0, 0.05) is 21.7 Å². The predicted octanol–water partition coefficient (Wildman–Crippen LogP) is 4.52. The minimum atomic E-state index is -0.996. The normalized spacial score (nSPS) is 15.9. The number of nitrogens with two attached hydrogens (primary N) is 1. The Bertz CT molecular complexity index is 1460. The summed E-state index contributed by atoms with van der Waals surface area (Å²) >= 11 is 5.93. The Morgan fingerprint density at radius 2 is 1.82 bits per heavy atom. The first kappa shape index (κ1) is 22.2. The number of aromatic nitrogens is 1. The number of halogens is 1. The van der Waals surface area contributed by atoms with Crippen molar-refractivity contribution in [1.29, 1.82) is 5.26 Å². The Hall–Kier alpha value is -4.02. The summed E-state index contributed by atoms with van der Waals surface area (Å²) in [7, 11) is 0. The number of allylic oxidation sites excluding steroid dienone is 2. The van der Waals surface area contributed by atoms with Crippen LogP contribution in [0.15, 0.2) is 70.0 Å². The van der Waals surface area contributed by atoms with Crippen molar-refractivity contribution in [2.45, 2.75) is 26.7 Å². The van der Waals surface area contributed by atoms with Crippen LogP contribution in [-0.2, 0) is 9.53 Å². The molecule has 1 aromatic heterocycles. The van der Waals surface area contributed by atoms with Crippen LogP contribution in [0.2, 0.25) is 5.02 Å². The molecule has 1 amide bonds. The van der Waals surface area contributed by atoms with Crippen molar-refractivity contribution in [3.05, 3.63) is 97.3 Å². The van der Waals surface area contributed by atoms with Gasteiger partial charge in [-0.25, -0.2) is 0 Å². The van der Waals surface area contributed by atoms with Gasteiger partial charge in [0.1, 0.15) is 17.4 Å². The number of nitriles is 1. The van der Waals surface area contributed by atoms with E-state index in [0.717, 1.165) is 16.5 Å². The number of hydrogen-bond acceptors (Lipinski definition) is 5. The third kappa shape index (κ3) is 3.97. The van der Waals surface area contributed by atoms with Gasteiger partial charge >= 0.3 is 0 Å². The Kier molecular flexibility index (Phi) is 5.71. The largest absolute Gasteiger partial charge is 0.445 e. The second kappa shape index (κ2) is 8.49. The number of H-pyrrole nitrogens is 1. The maximum atomic E-state index is 13.3. The predicted molar refractivity (Wildman–Crippen MR) is 127 cm³/mol. The van der Waals surface area contributed by atoms with Gasteiger partial charge in [0.05, 0.1) is 17.0 Å². The van der Waals surface area contributed by atoms with E-state index in [9.17, 15) is 14.9 Å². The Morgan fingerprint density at radius 3 is 2.48 bits per heavy atom. The average molecular weight is 461 g/mol. The van der Waals surface area contributed by atoms with Crippen LogP contribution in [0.5, 0.6) is 0 Å². The van der Waals surface area contributed by atoms with Crippen LogP contribution >= 0.6 is 11.6 Å². The molecule has 2 heterocycles. The summed E-state index contributed by atoms with van der Waals surface area (Å²) in [5.74, 6) is -1.43. The fraction of sp³-hybridized carbons (Fsp3) is 0.160. The van der Waals surface area contributed by atoms with Crippen LogP contribution in [0.1, 0.15) is 29.5 Å². The second-order valence-electron chi connectivity index (χ2n) is 7.90. The molecule has 2 aromatic carbocycles. The number of rotatable bonds is 3. The Balaban J connectivity index is 1.90. The number of nitrogens with one attached hydrogen (secondary N) is 2. The first-order valence-corrected chi connectivity index (χ1v) is 10.6. The molecule has 8 heteroatoms. The smallest absolute Gasteiger partial charge is 0.255 e. The molecule has 0 saturated carbocycles. The highest BCUT2D eigenvalue weighted by molar-refractivity contribution is 6.30. The first-order chi connectivity index (χ1) is 15.7. The van der Waals surface area contributed by atoms with E-state index in [-0.39, 0.29) is 28.4 Å². The lowest BCUT2D eigenvalue weighted by molar-refractivity contribution is -0.113. The lowest BCUT2D eigenvalue weighted by Gasteiger charge is -2.27. The Morgan fingerprint density at radius 1 is 1.15 bits per heavy atom. The number of fused-ring (bicyclic) bond motifs is 1. The molecule has 166 valence electrons. The highest BCUT2D eigenvalue weighted by Crippen LogP contribution is 2.39. The highest BCUT2D eigenvalue weighted by Gasteiger charge is 2.37. The summed E-state index contributed by atoms with van der Waals surface area (Å²) in [6.07, 6.45) is 0. The molecule has 7 nitrogen and oxygen atoms in total. The molecule has 1 aliphatic rings. The number of anilines is 1. The van der Waals surface area contributed by atoms with Gasteiger partial charge in [-0.1, -0.05) is 23.7 Å². The van der Waals surface area contributed by atoms with Crippen molar-refractivity contribution >= 4 is 34.1 Å². The van der Waals surface area contributed by atoms with Crippen molar-refractivity contribution in [3.63, 3.8) is 0 Å². The van der Waals surface area contributed by atoms with E-state index < -0.39 is 17.4 Å². The van der Waals surface area contributed by atoms with E-state index in [2.05, 4.69) is 10.3 Å². The summed E-state index contributed by atoms with van der Waals surface area (Å²) in [6.45, 7) is 5.41. The molecule has 4 N–H and O–H groups in total. The maximum absolute atomic E-state index is 13.3. The van der Waals surface area contributed by atoms with Crippen LogP contribution in [0.3, 0.4) is 0 Å². The van der Waals surface area contributed by atoms with Crippen LogP contribution in [0.4, 0.5) is 5.69 Å². The summed E-state index contributed by atoms with van der Waals surface area (Å²) < 4.78 is 5.52. The molecule has 1 unspecified atom stereocenters. The van der Waals surface area contributed by atoms with Gasteiger partial charge in [0.25, 0.3) is 11.5 Å². The van der Waals surface area contributed by atoms with E-state index >= 15 is 0 Å². The number of aromatic amines is 1. The number of pyridine rings is 1. The van der Waals surface area contributed by atoms with Gasteiger partial charge in [-0.15, -0.1) is 0 Å². The number of carbonyl (C=O) groups excluding carboxylic acids is 1. The van der Waals surface area contributed by atoms with E-state index in [1.807, 2.05) is 32.0 Å². The minimum Gasteiger partial charge on any atom is -0.445 e. The minimum absolute atomic E-state index is 0.00277. The van der Waals surface area contributed by atoms with Gasteiger partial charge in [-0.2, -0.15) is 5.26 Å². The zero-order chi connectivity index (χ0) is 23.9. The third-order valence-corrected chi connectivity index (χ3v) is 5.99. The molecule has 1 atom stereocenters. The van der Waals surface area contributed by atoms with Crippen molar-refractivity contribution in [1.82, 2.24) is 4.98 Å². The molecular weight excluding hydrogens is 440 g/mol. The summed E-state index contributed by atoms with van der Waals surface area (Å²) in [5.41, 5.74) is 9.02. The number of amides is 1. The fourth-order valence-electron chi connectivity index (χ4n) is 4.02. The van der Waals surface area contributed by atoms with Crippen molar-refractivity contribution in [3.8, 4) is 6.07 Å². The van der Waals surface area contributed by atoms with Crippen LogP contribution in [0, 0.1) is 25.2 Å². The molecule has 1 aliphatic heterocycles. The lowest BCUT2D eigenvalue weighted by Crippen LogP contribution is -2.31. The number of aryl methyl sites for hydroxylation is 2. The second-order valence-corrected chi connectivity index (χ2v) is 8.33. The summed E-state index contributed by atoms with van der Waals surface area (Å²) in [6, 6.07) is 14.2. The quantitative estimate of drug-likeness (QED) is 0.530. The zero-order valence-corrected chi connectivity index (χ0v) is 19.0. The number of hydrogen-bond donors (Lipinski definition) is 3. The highest BCUT2D eigenvalue weighted by atomic mass is 35.5. The van der Waals surface area contributed by atoms with Crippen LogP contribution < -0.4 is 16.6 Å². The number of carbonyl (C=O) groups is 1.